The van der Waals surface area contributed by atoms with E-state index in [0.29, 0.717) is 0 Å². The standard InChI is InChI=1S/C11H10BrN3O2/c1-15(17-2)11(16)10-6-7-5-8(12)3-4-9(7)13-14-10/h3-6H,1-2H3. The molecule has 0 saturated carbocycles. The van der Waals surface area contributed by atoms with Gasteiger partial charge in [0.2, 0.25) is 0 Å². The molecule has 0 unspecified atom stereocenters. The van der Waals surface area contributed by atoms with Crippen molar-refractivity contribution in [1.29, 1.82) is 0 Å². The molecule has 2 aromatic rings. The van der Waals surface area contributed by atoms with Gasteiger partial charge in [0, 0.05) is 16.9 Å². The highest BCUT2D eigenvalue weighted by atomic mass is 79.9. The minimum atomic E-state index is -0.332. The quantitative estimate of drug-likeness (QED) is 0.796. The van der Waals surface area contributed by atoms with Crippen LogP contribution in [0.5, 0.6) is 0 Å². The Morgan fingerprint density at radius 1 is 1.35 bits per heavy atom. The third-order valence-electron chi connectivity index (χ3n) is 2.33. The number of hydrogen-bond donors (Lipinski definition) is 0. The maximum absolute atomic E-state index is 11.8. The highest BCUT2D eigenvalue weighted by Crippen LogP contribution is 2.18. The Hall–Kier alpha value is -1.53. The molecule has 17 heavy (non-hydrogen) atoms. The van der Waals surface area contributed by atoms with E-state index in [1.54, 1.807) is 6.07 Å². The first-order valence-electron chi connectivity index (χ1n) is 4.87. The second kappa shape index (κ2) is 4.77. The van der Waals surface area contributed by atoms with Gasteiger partial charge in [-0.2, -0.15) is 0 Å². The number of nitrogens with zero attached hydrogens (tertiary/aromatic N) is 3. The van der Waals surface area contributed by atoms with Gasteiger partial charge in [-0.3, -0.25) is 9.63 Å². The van der Waals surface area contributed by atoms with Crippen LogP contribution in [0.3, 0.4) is 0 Å². The van der Waals surface area contributed by atoms with Crippen LogP contribution in [0.2, 0.25) is 0 Å². The average molecular weight is 296 g/mol. The topological polar surface area (TPSA) is 55.3 Å². The number of carbonyl (C=O) groups excluding carboxylic acids is 1. The van der Waals surface area contributed by atoms with Crippen LogP contribution in [0.1, 0.15) is 10.5 Å². The number of hydrogen-bond acceptors (Lipinski definition) is 4. The van der Waals surface area contributed by atoms with E-state index in [9.17, 15) is 4.79 Å². The number of amides is 1. The van der Waals surface area contributed by atoms with E-state index in [1.807, 2.05) is 18.2 Å². The number of benzene rings is 1. The monoisotopic (exact) mass is 295 g/mol. The molecule has 2 rings (SSSR count). The fourth-order valence-corrected chi connectivity index (χ4v) is 1.74. The minimum Gasteiger partial charge on any atom is -0.274 e. The zero-order chi connectivity index (χ0) is 12.4. The Bertz CT molecular complexity index is 574. The lowest BCUT2D eigenvalue weighted by Gasteiger charge is -2.12. The van der Waals surface area contributed by atoms with Gasteiger partial charge < -0.3 is 0 Å². The molecule has 0 bridgehead atoms. The number of rotatable bonds is 2. The molecule has 88 valence electrons. The zero-order valence-electron chi connectivity index (χ0n) is 9.35. The van der Waals surface area contributed by atoms with E-state index >= 15 is 0 Å². The van der Waals surface area contributed by atoms with Crippen molar-refractivity contribution in [1.82, 2.24) is 15.3 Å². The van der Waals surface area contributed by atoms with Crippen molar-refractivity contribution in [2.45, 2.75) is 0 Å². The molecule has 0 atom stereocenters. The van der Waals surface area contributed by atoms with Crippen LogP contribution in [-0.2, 0) is 4.84 Å². The van der Waals surface area contributed by atoms with Gasteiger partial charge in [-0.1, -0.05) is 15.9 Å². The van der Waals surface area contributed by atoms with Crippen LogP contribution < -0.4 is 0 Å². The first-order chi connectivity index (χ1) is 8.11. The van der Waals surface area contributed by atoms with Gasteiger partial charge in [0.1, 0.15) is 0 Å². The Labute approximate surface area is 106 Å². The predicted molar refractivity (Wildman–Crippen MR) is 66.3 cm³/mol. The Kier molecular flexibility index (Phi) is 3.35. The second-order valence-electron chi connectivity index (χ2n) is 3.42. The minimum absolute atomic E-state index is 0.250. The summed E-state index contributed by atoms with van der Waals surface area (Å²) in [4.78, 5) is 16.6. The molecule has 5 nitrogen and oxygen atoms in total. The lowest BCUT2D eigenvalue weighted by Crippen LogP contribution is -2.26. The van der Waals surface area contributed by atoms with Crippen LogP contribution in [0.4, 0.5) is 0 Å². The molecule has 1 amide bonds. The van der Waals surface area contributed by atoms with Crippen LogP contribution in [0, 0.1) is 0 Å². The SMILES string of the molecule is CON(C)C(=O)c1cc2cc(Br)ccc2nn1. The highest BCUT2D eigenvalue weighted by Gasteiger charge is 2.14. The van der Waals surface area contributed by atoms with Crippen molar-refractivity contribution < 1.29 is 9.63 Å². The summed E-state index contributed by atoms with van der Waals surface area (Å²) in [5, 5.41) is 9.81. The molecular weight excluding hydrogens is 286 g/mol. The van der Waals surface area contributed by atoms with Gasteiger partial charge in [-0.25, -0.2) is 5.06 Å². The summed E-state index contributed by atoms with van der Waals surface area (Å²) in [5.41, 5.74) is 0.991. The first kappa shape index (κ1) is 11.9. The van der Waals surface area contributed by atoms with Crippen molar-refractivity contribution >= 4 is 32.7 Å². The number of hydroxylamine groups is 2. The summed E-state index contributed by atoms with van der Waals surface area (Å²) >= 11 is 3.37. The molecule has 0 fully saturated rings. The molecule has 1 aromatic carbocycles. The molecule has 1 heterocycles. The van der Waals surface area contributed by atoms with Gasteiger partial charge >= 0.3 is 0 Å². The van der Waals surface area contributed by atoms with Crippen molar-refractivity contribution in [2.75, 3.05) is 14.2 Å². The van der Waals surface area contributed by atoms with Gasteiger partial charge in [-0.05, 0) is 24.3 Å². The maximum Gasteiger partial charge on any atom is 0.297 e. The van der Waals surface area contributed by atoms with Crippen molar-refractivity contribution in [3.05, 3.63) is 34.4 Å². The zero-order valence-corrected chi connectivity index (χ0v) is 10.9. The molecular formula is C11H10BrN3O2. The Morgan fingerprint density at radius 2 is 2.12 bits per heavy atom. The summed E-state index contributed by atoms with van der Waals surface area (Å²) < 4.78 is 0.927. The largest absolute Gasteiger partial charge is 0.297 e. The molecule has 0 spiro atoms. The molecule has 1 aromatic heterocycles. The lowest BCUT2D eigenvalue weighted by molar-refractivity contribution is -0.0760. The lowest BCUT2D eigenvalue weighted by atomic mass is 10.2. The van der Waals surface area contributed by atoms with E-state index in [0.717, 1.165) is 20.4 Å². The summed E-state index contributed by atoms with van der Waals surface area (Å²) in [6.07, 6.45) is 0. The number of fused-ring (bicyclic) bond motifs is 1. The van der Waals surface area contributed by atoms with Gasteiger partial charge in [-0.15, -0.1) is 10.2 Å². The molecule has 0 N–H and O–H groups in total. The molecule has 0 aliphatic rings. The third kappa shape index (κ3) is 2.42. The molecule has 0 aliphatic heterocycles. The van der Waals surface area contributed by atoms with E-state index in [4.69, 9.17) is 4.84 Å². The fraction of sp³-hybridized carbons (Fsp3) is 0.182. The van der Waals surface area contributed by atoms with Crippen LogP contribution in [0.25, 0.3) is 10.9 Å². The third-order valence-corrected chi connectivity index (χ3v) is 2.82. The summed E-state index contributed by atoms with van der Waals surface area (Å²) in [7, 11) is 2.94. The molecule has 0 aliphatic carbocycles. The molecule has 0 radical (unpaired) electrons. The van der Waals surface area contributed by atoms with Crippen molar-refractivity contribution in [3.63, 3.8) is 0 Å². The number of carbonyl (C=O) groups is 1. The summed E-state index contributed by atoms with van der Waals surface area (Å²) in [5.74, 6) is -0.332. The number of aromatic nitrogens is 2. The predicted octanol–water partition coefficient (Wildman–Crippen LogP) is 2.03. The summed E-state index contributed by atoms with van der Waals surface area (Å²) in [6.45, 7) is 0. The van der Waals surface area contributed by atoms with E-state index in [1.165, 1.54) is 14.2 Å². The Balaban J connectivity index is 2.47. The smallest absolute Gasteiger partial charge is 0.274 e. The van der Waals surface area contributed by atoms with Crippen LogP contribution in [0.15, 0.2) is 28.7 Å². The van der Waals surface area contributed by atoms with Crippen LogP contribution >= 0.6 is 15.9 Å². The highest BCUT2D eigenvalue weighted by molar-refractivity contribution is 9.10. The van der Waals surface area contributed by atoms with Crippen molar-refractivity contribution in [3.8, 4) is 0 Å². The Morgan fingerprint density at radius 3 is 2.82 bits per heavy atom. The maximum atomic E-state index is 11.8. The normalized spacial score (nSPS) is 10.5. The second-order valence-corrected chi connectivity index (χ2v) is 4.33. The first-order valence-corrected chi connectivity index (χ1v) is 5.66. The van der Waals surface area contributed by atoms with E-state index < -0.39 is 0 Å². The average Bonchev–Trinajstić information content (AvgIpc) is 2.36. The summed E-state index contributed by atoms with van der Waals surface area (Å²) in [6, 6.07) is 7.28. The van der Waals surface area contributed by atoms with Gasteiger partial charge in [0.25, 0.3) is 5.91 Å². The molecule has 0 saturated heterocycles. The number of halogens is 1. The van der Waals surface area contributed by atoms with Crippen molar-refractivity contribution in [2.24, 2.45) is 0 Å². The van der Waals surface area contributed by atoms with Crippen LogP contribution in [-0.4, -0.2) is 35.3 Å². The van der Waals surface area contributed by atoms with Gasteiger partial charge in [0.15, 0.2) is 5.69 Å². The van der Waals surface area contributed by atoms with Gasteiger partial charge in [0.05, 0.1) is 12.6 Å². The van der Waals surface area contributed by atoms with E-state index in [-0.39, 0.29) is 11.6 Å². The van der Waals surface area contributed by atoms with E-state index in [2.05, 4.69) is 26.1 Å². The fourth-order valence-electron chi connectivity index (χ4n) is 1.36. The molecule has 6 heteroatoms.